The van der Waals surface area contributed by atoms with Crippen LogP contribution in [0, 0.1) is 5.41 Å². The van der Waals surface area contributed by atoms with Crippen molar-refractivity contribution >= 4 is 39.2 Å². The highest BCUT2D eigenvalue weighted by atomic mass is 32.1. The zero-order chi connectivity index (χ0) is 15.6. The molecule has 6 N–H and O–H groups in total. The molecule has 0 bridgehead atoms. The number of nitrogens with zero attached hydrogens (tertiary/aromatic N) is 2. The normalized spacial score (nSPS) is 11.6. The molecule has 0 saturated heterocycles. The van der Waals surface area contributed by atoms with Crippen molar-refractivity contribution in [3.05, 3.63) is 10.9 Å². The monoisotopic (exact) mass is 308 g/mol. The van der Waals surface area contributed by atoms with Gasteiger partial charge in [0.1, 0.15) is 10.6 Å². The van der Waals surface area contributed by atoms with Crippen LogP contribution in [-0.4, -0.2) is 22.4 Å². The summed E-state index contributed by atoms with van der Waals surface area (Å²) in [6.45, 7) is 6.04. The number of hydrogen-bond donors (Lipinski definition) is 4. The number of nitrogens with one attached hydrogen (secondary N) is 2. The minimum atomic E-state index is -0.669. The molecule has 2 aromatic heterocycles. The fourth-order valence-corrected chi connectivity index (χ4v) is 2.70. The van der Waals surface area contributed by atoms with E-state index in [4.69, 9.17) is 11.6 Å². The molecule has 114 valence electrons. The van der Waals surface area contributed by atoms with Crippen LogP contribution in [0.3, 0.4) is 0 Å². The Morgan fingerprint density at radius 2 is 2.14 bits per heavy atom. The van der Waals surface area contributed by atoms with Gasteiger partial charge in [0.2, 0.25) is 11.9 Å². The fraction of sp³-hybridized carbons (Fsp3) is 0.462. The summed E-state index contributed by atoms with van der Waals surface area (Å²) in [6.07, 6.45) is 0.929. The van der Waals surface area contributed by atoms with Gasteiger partial charge < -0.3 is 11.1 Å². The van der Waals surface area contributed by atoms with E-state index in [0.717, 1.165) is 16.6 Å². The van der Waals surface area contributed by atoms with Gasteiger partial charge in [-0.2, -0.15) is 4.98 Å². The molecule has 0 aromatic carbocycles. The zero-order valence-electron chi connectivity index (χ0n) is 12.4. The largest absolute Gasteiger partial charge is 0.369 e. The molecule has 21 heavy (non-hydrogen) atoms. The zero-order valence-corrected chi connectivity index (χ0v) is 13.2. The number of hydrogen-bond acceptors (Lipinski definition) is 7. The Morgan fingerprint density at radius 3 is 2.71 bits per heavy atom. The lowest BCUT2D eigenvalue weighted by molar-refractivity contribution is -0.125. The highest BCUT2D eigenvalue weighted by Crippen LogP contribution is 2.30. The third-order valence-electron chi connectivity index (χ3n) is 3.29. The minimum absolute atomic E-state index is 0.339. The van der Waals surface area contributed by atoms with Crippen molar-refractivity contribution in [1.29, 1.82) is 0 Å². The van der Waals surface area contributed by atoms with Crippen LogP contribution in [0.15, 0.2) is 6.07 Å². The maximum absolute atomic E-state index is 11.4. The van der Waals surface area contributed by atoms with Gasteiger partial charge in [-0.25, -0.2) is 10.8 Å². The standard InChI is InChI=1S/C13H20N6OS/c1-4-7-5-8-9(16-6-13(2,3)11(14)20)17-12(19-15)18-10(8)21-7/h5H,4,6,15H2,1-3H3,(H2,14,20)(H2,16,17,18,19). The van der Waals surface area contributed by atoms with Crippen molar-refractivity contribution in [2.24, 2.45) is 17.0 Å². The van der Waals surface area contributed by atoms with E-state index in [-0.39, 0.29) is 5.91 Å². The van der Waals surface area contributed by atoms with Crippen LogP contribution in [0.1, 0.15) is 25.6 Å². The minimum Gasteiger partial charge on any atom is -0.369 e. The van der Waals surface area contributed by atoms with E-state index in [9.17, 15) is 4.79 Å². The molecule has 2 rings (SSSR count). The maximum Gasteiger partial charge on any atom is 0.240 e. The summed E-state index contributed by atoms with van der Waals surface area (Å²) in [4.78, 5) is 22.1. The Morgan fingerprint density at radius 1 is 1.43 bits per heavy atom. The average molecular weight is 308 g/mol. The van der Waals surface area contributed by atoms with Crippen molar-refractivity contribution in [2.75, 3.05) is 17.3 Å². The first-order chi connectivity index (χ1) is 9.87. The number of carbonyl (C=O) groups excluding carboxylic acids is 1. The molecule has 0 aliphatic heterocycles. The lowest BCUT2D eigenvalue weighted by atomic mass is 9.93. The number of hydrazine groups is 1. The molecule has 1 amide bonds. The van der Waals surface area contributed by atoms with Crippen LogP contribution < -0.4 is 22.3 Å². The van der Waals surface area contributed by atoms with E-state index in [2.05, 4.69) is 33.7 Å². The Labute approximate surface area is 127 Å². The number of carbonyl (C=O) groups is 1. The second kappa shape index (κ2) is 5.82. The second-order valence-corrected chi connectivity index (χ2v) is 6.54. The van der Waals surface area contributed by atoms with Crippen LogP contribution in [0.25, 0.3) is 10.2 Å². The van der Waals surface area contributed by atoms with Crippen molar-refractivity contribution in [1.82, 2.24) is 9.97 Å². The number of thiophene rings is 1. The van der Waals surface area contributed by atoms with Gasteiger partial charge in [0.05, 0.1) is 10.8 Å². The van der Waals surface area contributed by atoms with Gasteiger partial charge in [-0.05, 0) is 26.3 Å². The number of nitrogens with two attached hydrogens (primary N) is 2. The van der Waals surface area contributed by atoms with Crippen LogP contribution in [0.5, 0.6) is 0 Å². The fourth-order valence-electron chi connectivity index (χ4n) is 1.74. The first-order valence-corrected chi connectivity index (χ1v) is 7.50. The van der Waals surface area contributed by atoms with Crippen LogP contribution in [0.2, 0.25) is 0 Å². The van der Waals surface area contributed by atoms with E-state index in [1.807, 2.05) is 0 Å². The Bertz CT molecular complexity index is 666. The van der Waals surface area contributed by atoms with E-state index in [1.54, 1.807) is 25.2 Å². The Kier molecular flexibility index (Phi) is 4.29. The predicted molar refractivity (Wildman–Crippen MR) is 86.1 cm³/mol. The van der Waals surface area contributed by atoms with Crippen molar-refractivity contribution < 1.29 is 4.79 Å². The van der Waals surface area contributed by atoms with Crippen molar-refractivity contribution in [3.8, 4) is 0 Å². The van der Waals surface area contributed by atoms with E-state index < -0.39 is 5.41 Å². The number of aryl methyl sites for hydroxylation is 1. The van der Waals surface area contributed by atoms with Crippen molar-refractivity contribution in [2.45, 2.75) is 27.2 Å². The number of anilines is 2. The number of amides is 1. The summed E-state index contributed by atoms with van der Waals surface area (Å²) < 4.78 is 0. The first kappa shape index (κ1) is 15.5. The van der Waals surface area contributed by atoms with Gasteiger partial charge in [0.15, 0.2) is 0 Å². The number of aromatic nitrogens is 2. The number of rotatable bonds is 6. The van der Waals surface area contributed by atoms with E-state index in [0.29, 0.717) is 18.3 Å². The predicted octanol–water partition coefficient (Wildman–Crippen LogP) is 1.46. The Balaban J connectivity index is 2.37. The van der Waals surface area contributed by atoms with Gasteiger partial charge in [-0.1, -0.05) is 6.92 Å². The molecule has 2 heterocycles. The molecule has 0 fully saturated rings. The van der Waals surface area contributed by atoms with Gasteiger partial charge in [0, 0.05) is 11.4 Å². The SMILES string of the molecule is CCc1cc2c(NCC(C)(C)C(N)=O)nc(NN)nc2s1. The molecule has 0 spiro atoms. The van der Waals surface area contributed by atoms with Crippen LogP contribution in [0.4, 0.5) is 11.8 Å². The summed E-state index contributed by atoms with van der Waals surface area (Å²) >= 11 is 1.60. The van der Waals surface area contributed by atoms with Crippen LogP contribution >= 0.6 is 11.3 Å². The molecule has 7 nitrogen and oxygen atoms in total. The highest BCUT2D eigenvalue weighted by molar-refractivity contribution is 7.18. The second-order valence-electron chi connectivity index (χ2n) is 5.43. The maximum atomic E-state index is 11.4. The quantitative estimate of drug-likeness (QED) is 0.474. The highest BCUT2D eigenvalue weighted by Gasteiger charge is 2.25. The number of fused-ring (bicyclic) bond motifs is 1. The van der Waals surface area contributed by atoms with Crippen LogP contribution in [-0.2, 0) is 11.2 Å². The molecule has 0 atom stereocenters. The van der Waals surface area contributed by atoms with Gasteiger partial charge in [-0.3, -0.25) is 10.2 Å². The molecular formula is C13H20N6OS. The topological polar surface area (TPSA) is 119 Å². The summed E-state index contributed by atoms with van der Waals surface area (Å²) in [5.74, 6) is 6.03. The van der Waals surface area contributed by atoms with Gasteiger partial charge in [-0.15, -0.1) is 11.3 Å². The lowest BCUT2D eigenvalue weighted by Gasteiger charge is -2.21. The summed E-state index contributed by atoms with van der Waals surface area (Å²) in [7, 11) is 0. The summed E-state index contributed by atoms with van der Waals surface area (Å²) in [5.41, 5.74) is 7.18. The molecule has 0 radical (unpaired) electrons. The third-order valence-corrected chi connectivity index (χ3v) is 4.46. The average Bonchev–Trinajstić information content (AvgIpc) is 2.87. The molecule has 8 heteroatoms. The molecule has 2 aromatic rings. The van der Waals surface area contributed by atoms with E-state index in [1.165, 1.54) is 4.88 Å². The summed E-state index contributed by atoms with van der Waals surface area (Å²) in [5, 5.41) is 4.11. The molecule has 0 aliphatic rings. The number of nitrogen functional groups attached to an aromatic ring is 1. The first-order valence-electron chi connectivity index (χ1n) is 6.68. The smallest absolute Gasteiger partial charge is 0.240 e. The third kappa shape index (κ3) is 3.22. The summed E-state index contributed by atoms with van der Waals surface area (Å²) in [6, 6.07) is 2.06. The molecule has 0 saturated carbocycles. The lowest BCUT2D eigenvalue weighted by Crippen LogP contribution is -2.37. The number of primary amides is 1. The van der Waals surface area contributed by atoms with E-state index >= 15 is 0 Å². The Hall–Kier alpha value is -1.93. The van der Waals surface area contributed by atoms with Gasteiger partial charge in [0.25, 0.3) is 0 Å². The van der Waals surface area contributed by atoms with Gasteiger partial charge >= 0.3 is 0 Å². The molecule has 0 unspecified atom stereocenters. The van der Waals surface area contributed by atoms with Crippen molar-refractivity contribution in [3.63, 3.8) is 0 Å². The molecular weight excluding hydrogens is 288 g/mol. The molecule has 0 aliphatic carbocycles.